The van der Waals surface area contributed by atoms with E-state index in [0.29, 0.717) is 94.1 Å². The smallest absolute Gasteiger partial charge is 0.271 e. The number of carbonyl (C=O) groups excluding carboxylic acids is 2. The topological polar surface area (TPSA) is 121 Å². The van der Waals surface area contributed by atoms with E-state index in [9.17, 15) is 14.4 Å². The van der Waals surface area contributed by atoms with E-state index >= 15 is 0 Å². The predicted octanol–water partition coefficient (Wildman–Crippen LogP) is 2.37. The molecule has 0 unspecified atom stereocenters. The number of amides is 2. The molecule has 0 saturated carbocycles. The number of fused-ring (bicyclic) bond motifs is 1. The minimum absolute atomic E-state index is 0.128. The number of rotatable bonds is 11. The summed E-state index contributed by atoms with van der Waals surface area (Å²) in [4.78, 5) is 49.4. The molecule has 0 N–H and O–H groups in total. The van der Waals surface area contributed by atoms with Crippen molar-refractivity contribution in [3.63, 3.8) is 0 Å². The minimum Gasteiger partial charge on any atom is -0.497 e. The first-order valence-corrected chi connectivity index (χ1v) is 16.3. The molecule has 0 bridgehead atoms. The first-order valence-electron chi connectivity index (χ1n) is 15.4. The van der Waals surface area contributed by atoms with Crippen LogP contribution in [0.2, 0.25) is 0 Å². The van der Waals surface area contributed by atoms with Crippen LogP contribution >= 0.6 is 11.3 Å². The van der Waals surface area contributed by atoms with Crippen LogP contribution in [-0.4, -0.2) is 93.5 Å². The van der Waals surface area contributed by atoms with E-state index in [4.69, 9.17) is 28.7 Å². The molecule has 1 saturated heterocycles. The Bertz CT molecular complexity index is 1850. The molecule has 2 aliphatic heterocycles. The van der Waals surface area contributed by atoms with Crippen LogP contribution in [0.15, 0.2) is 57.5 Å². The third-order valence-corrected chi connectivity index (χ3v) is 9.22. The largest absolute Gasteiger partial charge is 0.497 e. The lowest BCUT2D eigenvalue weighted by atomic mass is 9.93. The van der Waals surface area contributed by atoms with Gasteiger partial charge in [-0.25, -0.2) is 4.99 Å². The second kappa shape index (κ2) is 14.9. The Morgan fingerprint density at radius 1 is 1.00 bits per heavy atom. The number of hydrogen-bond acceptors (Lipinski definition) is 10. The molecule has 1 atom stereocenters. The van der Waals surface area contributed by atoms with Crippen LogP contribution in [0.3, 0.4) is 0 Å². The second-order valence-electron chi connectivity index (χ2n) is 10.9. The van der Waals surface area contributed by atoms with Crippen molar-refractivity contribution in [3.05, 3.63) is 78.5 Å². The van der Waals surface area contributed by atoms with Crippen molar-refractivity contribution in [2.45, 2.75) is 26.8 Å². The Balaban J connectivity index is 1.56. The van der Waals surface area contributed by atoms with Crippen molar-refractivity contribution < 1.29 is 33.3 Å². The number of aromatic nitrogens is 1. The van der Waals surface area contributed by atoms with Gasteiger partial charge in [0.1, 0.15) is 17.5 Å². The molecule has 2 aliphatic rings. The van der Waals surface area contributed by atoms with Gasteiger partial charge in [0.15, 0.2) is 22.9 Å². The van der Waals surface area contributed by atoms with Crippen LogP contribution in [0.5, 0.6) is 23.0 Å². The number of likely N-dealkylation sites (N-methyl/N-ethyl adjacent to an activating group) is 1. The summed E-state index contributed by atoms with van der Waals surface area (Å²) in [5.41, 5.74) is 1.91. The van der Waals surface area contributed by atoms with Crippen molar-refractivity contribution in [1.29, 1.82) is 0 Å². The fourth-order valence-corrected chi connectivity index (χ4v) is 6.76. The SMILES string of the molecule is CCN(CC)C(=O)C1=C(C)N=c2s/c(=C\c3ccc(OCC(=O)N4CCOCC4)c(OC)c3)c(=O)n2[C@@H]1c1cc(OC)ccc1OC. The van der Waals surface area contributed by atoms with Crippen molar-refractivity contribution in [3.8, 4) is 23.0 Å². The summed E-state index contributed by atoms with van der Waals surface area (Å²) in [5, 5.41) is 0. The average Bonchev–Trinajstić information content (AvgIpc) is 3.40. The number of allylic oxidation sites excluding steroid dienone is 1. The lowest BCUT2D eigenvalue weighted by Crippen LogP contribution is -2.43. The summed E-state index contributed by atoms with van der Waals surface area (Å²) >= 11 is 1.23. The van der Waals surface area contributed by atoms with Gasteiger partial charge in [0.25, 0.3) is 17.4 Å². The van der Waals surface area contributed by atoms with Gasteiger partial charge in [-0.15, -0.1) is 0 Å². The van der Waals surface area contributed by atoms with Gasteiger partial charge >= 0.3 is 0 Å². The summed E-state index contributed by atoms with van der Waals surface area (Å²) in [6.45, 7) is 8.59. The van der Waals surface area contributed by atoms with E-state index in [1.54, 1.807) is 78.0 Å². The number of carbonyl (C=O) groups is 2. The first kappa shape index (κ1) is 33.7. The number of methoxy groups -OCH3 is 3. The molecule has 0 aliphatic carbocycles. The highest BCUT2D eigenvalue weighted by molar-refractivity contribution is 7.07. The summed E-state index contributed by atoms with van der Waals surface area (Å²) < 4.78 is 29.9. The normalized spacial score (nSPS) is 16.3. The van der Waals surface area contributed by atoms with Crippen LogP contribution in [0.25, 0.3) is 6.08 Å². The summed E-state index contributed by atoms with van der Waals surface area (Å²) in [5.74, 6) is 1.58. The van der Waals surface area contributed by atoms with Crippen LogP contribution in [0, 0.1) is 0 Å². The van der Waals surface area contributed by atoms with Crippen molar-refractivity contribution in [2.24, 2.45) is 4.99 Å². The molecule has 47 heavy (non-hydrogen) atoms. The Kier molecular flexibility index (Phi) is 10.7. The van der Waals surface area contributed by atoms with Gasteiger partial charge in [-0.3, -0.25) is 19.0 Å². The monoisotopic (exact) mass is 664 g/mol. The first-order chi connectivity index (χ1) is 22.7. The van der Waals surface area contributed by atoms with Gasteiger partial charge in [0.05, 0.1) is 50.3 Å². The fraction of sp³-hybridized carbons (Fsp3) is 0.412. The van der Waals surface area contributed by atoms with Gasteiger partial charge < -0.3 is 33.5 Å². The lowest BCUT2D eigenvalue weighted by molar-refractivity contribution is -0.137. The summed E-state index contributed by atoms with van der Waals surface area (Å²) in [7, 11) is 4.63. The number of morpholine rings is 1. The van der Waals surface area contributed by atoms with E-state index in [2.05, 4.69) is 0 Å². The Morgan fingerprint density at radius 2 is 1.70 bits per heavy atom. The van der Waals surface area contributed by atoms with Crippen LogP contribution < -0.4 is 33.8 Å². The van der Waals surface area contributed by atoms with Crippen molar-refractivity contribution >= 4 is 29.2 Å². The Morgan fingerprint density at radius 3 is 2.36 bits per heavy atom. The average molecular weight is 665 g/mol. The molecular formula is C34H40N4O8S. The molecule has 3 heterocycles. The van der Waals surface area contributed by atoms with E-state index in [-0.39, 0.29) is 24.0 Å². The molecule has 3 aromatic rings. The zero-order chi connectivity index (χ0) is 33.7. The van der Waals surface area contributed by atoms with Crippen LogP contribution in [0.1, 0.15) is 37.9 Å². The van der Waals surface area contributed by atoms with E-state index in [0.717, 1.165) is 0 Å². The molecule has 12 nitrogen and oxygen atoms in total. The molecule has 13 heteroatoms. The lowest BCUT2D eigenvalue weighted by Gasteiger charge is -2.30. The van der Waals surface area contributed by atoms with Gasteiger partial charge in [-0.1, -0.05) is 17.4 Å². The molecule has 250 valence electrons. The zero-order valence-electron chi connectivity index (χ0n) is 27.5. The Hall–Kier alpha value is -4.62. The standard InChI is InChI=1S/C34H40N4O8S/c1-7-36(8-2)33(41)30-21(3)35-34-38(31(30)24-19-23(42-4)10-12-25(24)43-5)32(40)28(47-34)18-22-9-11-26(27(17-22)44-6)46-20-29(39)37-13-15-45-16-14-37/h9-12,17-19,31H,7-8,13-16,20H2,1-6H3/b28-18-/t31-/m1/s1. The van der Waals surface area contributed by atoms with Gasteiger partial charge in [0.2, 0.25) is 0 Å². The van der Waals surface area contributed by atoms with Gasteiger partial charge in [-0.2, -0.15) is 0 Å². The van der Waals surface area contributed by atoms with Crippen LogP contribution in [0.4, 0.5) is 0 Å². The third kappa shape index (κ3) is 6.91. The maximum Gasteiger partial charge on any atom is 0.271 e. The van der Waals surface area contributed by atoms with Gasteiger partial charge in [0, 0.05) is 31.7 Å². The number of nitrogens with zero attached hydrogens (tertiary/aromatic N) is 4. The van der Waals surface area contributed by atoms with Crippen molar-refractivity contribution in [2.75, 3.05) is 67.3 Å². The summed E-state index contributed by atoms with van der Waals surface area (Å²) in [6.07, 6.45) is 1.75. The number of hydrogen-bond donors (Lipinski definition) is 0. The molecule has 0 spiro atoms. The number of thiazole rings is 1. The molecule has 5 rings (SSSR count). The molecule has 2 aromatic carbocycles. The second-order valence-corrected chi connectivity index (χ2v) is 11.9. The Labute approximate surface area is 277 Å². The predicted molar refractivity (Wildman–Crippen MR) is 177 cm³/mol. The maximum atomic E-state index is 14.2. The molecule has 2 amide bonds. The molecule has 1 fully saturated rings. The highest BCUT2D eigenvalue weighted by Crippen LogP contribution is 2.38. The van der Waals surface area contributed by atoms with Crippen LogP contribution in [-0.2, 0) is 14.3 Å². The number of benzene rings is 2. The van der Waals surface area contributed by atoms with E-state index in [1.807, 2.05) is 13.8 Å². The van der Waals surface area contributed by atoms with Gasteiger partial charge in [-0.05, 0) is 62.7 Å². The highest BCUT2D eigenvalue weighted by Gasteiger charge is 2.36. The maximum absolute atomic E-state index is 14.2. The molecule has 0 radical (unpaired) electrons. The molecular weight excluding hydrogens is 624 g/mol. The quantitative estimate of drug-likeness (QED) is 0.307. The minimum atomic E-state index is -0.805. The van der Waals surface area contributed by atoms with E-state index < -0.39 is 6.04 Å². The third-order valence-electron chi connectivity index (χ3n) is 8.23. The van der Waals surface area contributed by atoms with Crippen molar-refractivity contribution in [1.82, 2.24) is 14.4 Å². The fourth-order valence-electron chi connectivity index (χ4n) is 5.71. The summed E-state index contributed by atoms with van der Waals surface area (Å²) in [6, 6.07) is 9.78. The highest BCUT2D eigenvalue weighted by atomic mass is 32.1. The number of ether oxygens (including phenoxy) is 5. The molecule has 1 aromatic heterocycles. The zero-order valence-corrected chi connectivity index (χ0v) is 28.3. The van der Waals surface area contributed by atoms with E-state index in [1.165, 1.54) is 18.4 Å².